The summed E-state index contributed by atoms with van der Waals surface area (Å²) in [5.74, 6) is 1.22. The number of carbonyl (C=O) groups is 1. The largest absolute Gasteiger partial charge is 0.454 e. The van der Waals surface area contributed by atoms with Crippen LogP contribution >= 0.6 is 35.3 Å². The standard InChI is InChI=1S/C16H10N2O2S3/c1-18-15(19)13(23-16(18)21)8-9-6-7-11(20-9)14-17-10-4-2-3-5-12(10)22-14/h2-8H,1H3/b13-8+. The van der Waals surface area contributed by atoms with Crippen LogP contribution < -0.4 is 0 Å². The first kappa shape index (κ1) is 14.6. The third-order valence-electron chi connectivity index (χ3n) is 3.39. The van der Waals surface area contributed by atoms with E-state index in [0.717, 1.165) is 15.2 Å². The number of hydrogen-bond acceptors (Lipinski definition) is 6. The van der Waals surface area contributed by atoms with E-state index in [0.29, 0.717) is 20.7 Å². The smallest absolute Gasteiger partial charge is 0.266 e. The summed E-state index contributed by atoms with van der Waals surface area (Å²) in [6.45, 7) is 0. The molecule has 1 saturated heterocycles. The molecule has 0 bridgehead atoms. The molecule has 0 N–H and O–H groups in total. The van der Waals surface area contributed by atoms with Gasteiger partial charge in [0.1, 0.15) is 10.1 Å². The highest BCUT2D eigenvalue weighted by molar-refractivity contribution is 8.26. The number of thiazole rings is 1. The second kappa shape index (κ2) is 5.59. The molecule has 1 aliphatic heterocycles. The number of thiocarbonyl (C=S) groups is 1. The SMILES string of the molecule is CN1C(=O)/C(=C\c2ccc(-c3nc4ccccc4s3)o2)SC1=S. The maximum Gasteiger partial charge on any atom is 0.266 e. The van der Waals surface area contributed by atoms with Gasteiger partial charge in [-0.2, -0.15) is 0 Å². The molecule has 23 heavy (non-hydrogen) atoms. The van der Waals surface area contributed by atoms with E-state index in [2.05, 4.69) is 4.98 Å². The van der Waals surface area contributed by atoms with Gasteiger partial charge >= 0.3 is 0 Å². The normalized spacial score (nSPS) is 16.9. The van der Waals surface area contributed by atoms with Gasteiger partial charge in [0.15, 0.2) is 10.8 Å². The maximum atomic E-state index is 12.0. The Morgan fingerprint density at radius 3 is 2.83 bits per heavy atom. The van der Waals surface area contributed by atoms with Crippen LogP contribution in [0.15, 0.2) is 45.7 Å². The number of thioether (sulfide) groups is 1. The summed E-state index contributed by atoms with van der Waals surface area (Å²) >= 11 is 7.98. The van der Waals surface area contributed by atoms with Crippen molar-refractivity contribution in [3.05, 3.63) is 47.1 Å². The minimum Gasteiger partial charge on any atom is -0.454 e. The summed E-state index contributed by atoms with van der Waals surface area (Å²) in [6.07, 6.45) is 1.72. The third kappa shape index (κ3) is 2.60. The molecule has 0 spiro atoms. The number of hydrogen-bond donors (Lipinski definition) is 0. The van der Waals surface area contributed by atoms with Crippen LogP contribution in [0.25, 0.3) is 27.1 Å². The second-order valence-electron chi connectivity index (χ2n) is 4.93. The van der Waals surface area contributed by atoms with Crippen molar-refractivity contribution in [2.75, 3.05) is 7.05 Å². The van der Waals surface area contributed by atoms with E-state index in [1.807, 2.05) is 36.4 Å². The molecule has 7 heteroatoms. The van der Waals surface area contributed by atoms with Gasteiger partial charge in [-0.05, 0) is 24.3 Å². The zero-order valence-electron chi connectivity index (χ0n) is 12.0. The van der Waals surface area contributed by atoms with Crippen LogP contribution in [0.1, 0.15) is 5.76 Å². The summed E-state index contributed by atoms with van der Waals surface area (Å²) in [4.78, 5) is 18.6. The Balaban J connectivity index is 1.67. The lowest BCUT2D eigenvalue weighted by atomic mass is 10.3. The van der Waals surface area contributed by atoms with Gasteiger partial charge in [-0.1, -0.05) is 36.1 Å². The minimum atomic E-state index is -0.0991. The van der Waals surface area contributed by atoms with Crippen molar-refractivity contribution in [2.45, 2.75) is 0 Å². The molecule has 3 aromatic rings. The molecule has 1 fully saturated rings. The molecule has 4 rings (SSSR count). The Morgan fingerprint density at radius 1 is 1.26 bits per heavy atom. The predicted molar refractivity (Wildman–Crippen MR) is 98.3 cm³/mol. The van der Waals surface area contributed by atoms with Gasteiger partial charge in [0.05, 0.1) is 15.1 Å². The number of furan rings is 1. The fraction of sp³-hybridized carbons (Fsp3) is 0.0625. The predicted octanol–water partition coefficient (Wildman–Crippen LogP) is 4.39. The Hall–Kier alpha value is -1.96. The summed E-state index contributed by atoms with van der Waals surface area (Å²) in [5, 5.41) is 0.828. The number of amides is 1. The number of rotatable bonds is 2. The average Bonchev–Trinajstić information content (AvgIpc) is 3.23. The Kier molecular flexibility index (Phi) is 3.56. The van der Waals surface area contributed by atoms with E-state index in [4.69, 9.17) is 16.6 Å². The van der Waals surface area contributed by atoms with Crippen LogP contribution in [0.3, 0.4) is 0 Å². The number of carbonyl (C=O) groups excluding carboxylic acids is 1. The van der Waals surface area contributed by atoms with Gasteiger partial charge in [-0.15, -0.1) is 11.3 Å². The lowest BCUT2D eigenvalue weighted by Gasteiger charge is -2.03. The molecular formula is C16H10N2O2S3. The molecular weight excluding hydrogens is 348 g/mol. The van der Waals surface area contributed by atoms with Crippen molar-refractivity contribution in [3.63, 3.8) is 0 Å². The molecule has 0 saturated carbocycles. The highest BCUT2D eigenvalue weighted by Gasteiger charge is 2.29. The fourth-order valence-electron chi connectivity index (χ4n) is 2.20. The molecule has 0 atom stereocenters. The molecule has 2 aromatic heterocycles. The van der Waals surface area contributed by atoms with Crippen molar-refractivity contribution in [1.29, 1.82) is 0 Å². The van der Waals surface area contributed by atoms with Crippen molar-refractivity contribution >= 4 is 61.8 Å². The highest BCUT2D eigenvalue weighted by atomic mass is 32.2. The molecule has 0 aliphatic carbocycles. The van der Waals surface area contributed by atoms with E-state index in [1.165, 1.54) is 16.7 Å². The van der Waals surface area contributed by atoms with Crippen LogP contribution in [0.4, 0.5) is 0 Å². The summed E-state index contributed by atoms with van der Waals surface area (Å²) < 4.78 is 7.50. The number of benzene rings is 1. The first-order valence-corrected chi connectivity index (χ1v) is 8.83. The average molecular weight is 358 g/mol. The number of aromatic nitrogens is 1. The van der Waals surface area contributed by atoms with Gasteiger partial charge in [0.25, 0.3) is 5.91 Å². The van der Waals surface area contributed by atoms with Crippen molar-refractivity contribution < 1.29 is 9.21 Å². The van der Waals surface area contributed by atoms with Gasteiger partial charge in [0, 0.05) is 13.1 Å². The van der Waals surface area contributed by atoms with Crippen LogP contribution in [-0.4, -0.2) is 27.2 Å². The molecule has 1 aromatic carbocycles. The maximum absolute atomic E-state index is 12.0. The van der Waals surface area contributed by atoms with Crippen molar-refractivity contribution in [2.24, 2.45) is 0 Å². The quantitative estimate of drug-likeness (QED) is 0.502. The zero-order valence-corrected chi connectivity index (χ0v) is 14.4. The van der Waals surface area contributed by atoms with E-state index in [1.54, 1.807) is 24.5 Å². The van der Waals surface area contributed by atoms with Gasteiger partial charge in [-0.3, -0.25) is 9.69 Å². The summed E-state index contributed by atoms with van der Waals surface area (Å²) in [5.41, 5.74) is 0.956. The number of fused-ring (bicyclic) bond motifs is 1. The van der Waals surface area contributed by atoms with E-state index >= 15 is 0 Å². The molecule has 0 unspecified atom stereocenters. The lowest BCUT2D eigenvalue weighted by Crippen LogP contribution is -2.22. The van der Waals surface area contributed by atoms with Crippen LogP contribution in [0.5, 0.6) is 0 Å². The molecule has 114 valence electrons. The summed E-state index contributed by atoms with van der Waals surface area (Å²) in [7, 11) is 1.67. The third-order valence-corrected chi connectivity index (χ3v) is 5.93. The molecule has 1 aliphatic rings. The van der Waals surface area contributed by atoms with Crippen molar-refractivity contribution in [3.8, 4) is 10.8 Å². The molecule has 4 nitrogen and oxygen atoms in total. The molecule has 1 amide bonds. The second-order valence-corrected chi connectivity index (χ2v) is 7.64. The lowest BCUT2D eigenvalue weighted by molar-refractivity contribution is -0.121. The molecule has 0 radical (unpaired) electrons. The monoisotopic (exact) mass is 358 g/mol. The van der Waals surface area contributed by atoms with Crippen LogP contribution in [0, 0.1) is 0 Å². The number of para-hydroxylation sites is 1. The Morgan fingerprint density at radius 2 is 2.09 bits per heavy atom. The van der Waals surface area contributed by atoms with Gasteiger partial charge in [0.2, 0.25) is 0 Å². The first-order valence-electron chi connectivity index (χ1n) is 6.79. The Labute approximate surface area is 145 Å². The summed E-state index contributed by atoms with van der Waals surface area (Å²) in [6, 6.07) is 11.7. The highest BCUT2D eigenvalue weighted by Crippen LogP contribution is 2.34. The van der Waals surface area contributed by atoms with Gasteiger partial charge < -0.3 is 4.42 Å². The molecule has 3 heterocycles. The van der Waals surface area contributed by atoms with E-state index < -0.39 is 0 Å². The van der Waals surface area contributed by atoms with Crippen LogP contribution in [0.2, 0.25) is 0 Å². The number of nitrogens with zero attached hydrogens (tertiary/aromatic N) is 2. The minimum absolute atomic E-state index is 0.0991. The van der Waals surface area contributed by atoms with Crippen LogP contribution in [-0.2, 0) is 4.79 Å². The topological polar surface area (TPSA) is 46.3 Å². The number of likely N-dealkylation sites (N-methyl/N-ethyl adjacent to an activating group) is 1. The van der Waals surface area contributed by atoms with Crippen molar-refractivity contribution in [1.82, 2.24) is 9.88 Å². The fourth-order valence-corrected chi connectivity index (χ4v) is 4.28. The van der Waals surface area contributed by atoms with E-state index in [-0.39, 0.29) is 5.91 Å². The van der Waals surface area contributed by atoms with Gasteiger partial charge in [-0.25, -0.2) is 4.98 Å². The Bertz CT molecular complexity index is 938. The first-order chi connectivity index (χ1) is 11.1. The zero-order chi connectivity index (χ0) is 16.0. The van der Waals surface area contributed by atoms with E-state index in [9.17, 15) is 4.79 Å².